The summed E-state index contributed by atoms with van der Waals surface area (Å²) in [5.41, 5.74) is 0. The molecule has 1 aliphatic rings. The van der Waals surface area contributed by atoms with Gasteiger partial charge in [-0.3, -0.25) is 9.59 Å². The predicted octanol–water partition coefficient (Wildman–Crippen LogP) is 2.18. The second-order valence-electron chi connectivity index (χ2n) is 6.05. The van der Waals surface area contributed by atoms with Crippen molar-refractivity contribution in [2.45, 2.75) is 66.0 Å². The summed E-state index contributed by atoms with van der Waals surface area (Å²) in [4.78, 5) is 26.3. The topological polar surface area (TPSA) is 49.4 Å². The van der Waals surface area contributed by atoms with E-state index in [-0.39, 0.29) is 23.9 Å². The first-order valence-corrected chi connectivity index (χ1v) is 7.51. The summed E-state index contributed by atoms with van der Waals surface area (Å²) < 4.78 is 0. The van der Waals surface area contributed by atoms with Gasteiger partial charge < -0.3 is 10.2 Å². The molecule has 4 nitrogen and oxygen atoms in total. The standard InChI is InChI=1S/C15H28N2O2/c1-6-12(7-2)9-17-13(8-10(3)4)14(18)16-11(5)15(17)19/h10-13H,6-9H2,1-5H3,(H,16,18). The van der Waals surface area contributed by atoms with Gasteiger partial charge in [0.25, 0.3) is 0 Å². The van der Waals surface area contributed by atoms with Crippen LogP contribution in [0.15, 0.2) is 0 Å². The number of hydrogen-bond donors (Lipinski definition) is 1. The Hall–Kier alpha value is -1.06. The van der Waals surface area contributed by atoms with Gasteiger partial charge in [0.2, 0.25) is 11.8 Å². The fraction of sp³-hybridized carbons (Fsp3) is 0.867. The number of hydrogen-bond acceptors (Lipinski definition) is 2. The molecule has 2 unspecified atom stereocenters. The van der Waals surface area contributed by atoms with Crippen LogP contribution in [0, 0.1) is 11.8 Å². The van der Waals surface area contributed by atoms with Crippen LogP contribution in [0.5, 0.6) is 0 Å². The molecule has 2 amide bonds. The van der Waals surface area contributed by atoms with Crippen molar-refractivity contribution >= 4 is 11.8 Å². The molecule has 1 saturated heterocycles. The summed E-state index contributed by atoms with van der Waals surface area (Å²) in [6.07, 6.45) is 2.83. The molecular weight excluding hydrogens is 240 g/mol. The highest BCUT2D eigenvalue weighted by atomic mass is 16.2. The van der Waals surface area contributed by atoms with Gasteiger partial charge in [-0.25, -0.2) is 0 Å². The number of nitrogens with zero attached hydrogens (tertiary/aromatic N) is 1. The molecule has 0 spiro atoms. The fourth-order valence-electron chi connectivity index (χ4n) is 2.64. The number of amides is 2. The molecular formula is C15H28N2O2. The van der Waals surface area contributed by atoms with Crippen molar-refractivity contribution in [3.05, 3.63) is 0 Å². The predicted molar refractivity (Wildman–Crippen MR) is 76.6 cm³/mol. The maximum Gasteiger partial charge on any atom is 0.245 e. The fourth-order valence-corrected chi connectivity index (χ4v) is 2.64. The molecule has 1 aliphatic heterocycles. The first-order valence-electron chi connectivity index (χ1n) is 7.51. The van der Waals surface area contributed by atoms with Crippen molar-refractivity contribution in [3.8, 4) is 0 Å². The van der Waals surface area contributed by atoms with E-state index in [0.717, 1.165) is 19.3 Å². The van der Waals surface area contributed by atoms with Gasteiger partial charge in [0.05, 0.1) is 0 Å². The zero-order valence-corrected chi connectivity index (χ0v) is 12.9. The van der Waals surface area contributed by atoms with Gasteiger partial charge in [-0.1, -0.05) is 40.5 Å². The number of rotatable bonds is 6. The van der Waals surface area contributed by atoms with Crippen LogP contribution in [0.25, 0.3) is 0 Å². The molecule has 110 valence electrons. The van der Waals surface area contributed by atoms with Crippen LogP contribution in [0.1, 0.15) is 53.9 Å². The summed E-state index contributed by atoms with van der Waals surface area (Å²) in [5.74, 6) is 0.960. The van der Waals surface area contributed by atoms with Gasteiger partial charge >= 0.3 is 0 Å². The average Bonchev–Trinajstić information content (AvgIpc) is 2.35. The van der Waals surface area contributed by atoms with Crippen LogP contribution < -0.4 is 5.32 Å². The molecule has 1 fully saturated rings. The van der Waals surface area contributed by atoms with Crippen molar-refractivity contribution in [1.82, 2.24) is 10.2 Å². The van der Waals surface area contributed by atoms with E-state index in [0.29, 0.717) is 18.4 Å². The molecule has 0 aromatic rings. The first kappa shape index (κ1) is 16.0. The van der Waals surface area contributed by atoms with E-state index >= 15 is 0 Å². The van der Waals surface area contributed by atoms with Gasteiger partial charge in [0.15, 0.2) is 0 Å². The molecule has 0 aromatic heterocycles. The normalized spacial score (nSPS) is 24.3. The van der Waals surface area contributed by atoms with E-state index in [2.05, 4.69) is 33.0 Å². The van der Waals surface area contributed by atoms with Crippen LogP contribution in [0.3, 0.4) is 0 Å². The Morgan fingerprint density at radius 3 is 2.26 bits per heavy atom. The molecule has 1 heterocycles. The summed E-state index contributed by atoms with van der Waals surface area (Å²) in [7, 11) is 0. The Balaban J connectivity index is 2.88. The number of piperazine rings is 1. The van der Waals surface area contributed by atoms with Crippen molar-refractivity contribution in [2.75, 3.05) is 6.54 Å². The Labute approximate surface area is 116 Å². The monoisotopic (exact) mass is 268 g/mol. The second kappa shape index (κ2) is 6.92. The highest BCUT2D eigenvalue weighted by Crippen LogP contribution is 2.21. The molecule has 0 aliphatic carbocycles. The van der Waals surface area contributed by atoms with Gasteiger partial charge in [0.1, 0.15) is 12.1 Å². The zero-order chi connectivity index (χ0) is 14.6. The minimum Gasteiger partial charge on any atom is -0.343 e. The van der Waals surface area contributed by atoms with Crippen molar-refractivity contribution in [1.29, 1.82) is 0 Å². The number of carbonyl (C=O) groups is 2. The SMILES string of the molecule is CCC(CC)CN1C(=O)C(C)NC(=O)C1CC(C)C. The molecule has 1 rings (SSSR count). The van der Waals surface area contributed by atoms with Crippen molar-refractivity contribution in [3.63, 3.8) is 0 Å². The summed E-state index contributed by atoms with van der Waals surface area (Å²) >= 11 is 0. The van der Waals surface area contributed by atoms with Crippen molar-refractivity contribution < 1.29 is 9.59 Å². The van der Waals surface area contributed by atoms with Crippen molar-refractivity contribution in [2.24, 2.45) is 11.8 Å². The minimum absolute atomic E-state index is 0.00626. The number of carbonyl (C=O) groups excluding carboxylic acids is 2. The molecule has 0 bridgehead atoms. The largest absolute Gasteiger partial charge is 0.343 e. The Morgan fingerprint density at radius 2 is 1.79 bits per heavy atom. The average molecular weight is 268 g/mol. The van der Waals surface area contributed by atoms with E-state index in [1.54, 1.807) is 6.92 Å². The maximum atomic E-state index is 12.3. The van der Waals surface area contributed by atoms with Gasteiger partial charge in [-0.05, 0) is 25.2 Å². The molecule has 0 aromatic carbocycles. The van der Waals surface area contributed by atoms with E-state index in [4.69, 9.17) is 0 Å². The first-order chi connectivity index (χ1) is 8.90. The third-order valence-corrected chi connectivity index (χ3v) is 4.00. The zero-order valence-electron chi connectivity index (χ0n) is 12.9. The lowest BCUT2D eigenvalue weighted by Crippen LogP contribution is -2.63. The Morgan fingerprint density at radius 1 is 1.21 bits per heavy atom. The highest BCUT2D eigenvalue weighted by Gasteiger charge is 2.39. The third-order valence-electron chi connectivity index (χ3n) is 4.00. The Bertz CT molecular complexity index is 324. The molecule has 0 saturated carbocycles. The van der Waals surface area contributed by atoms with Gasteiger partial charge in [-0.15, -0.1) is 0 Å². The minimum atomic E-state index is -0.384. The molecule has 0 radical (unpaired) electrons. The van der Waals surface area contributed by atoms with Crippen LogP contribution >= 0.6 is 0 Å². The van der Waals surface area contributed by atoms with E-state index in [9.17, 15) is 9.59 Å². The van der Waals surface area contributed by atoms with Gasteiger partial charge in [-0.2, -0.15) is 0 Å². The van der Waals surface area contributed by atoms with Crippen LogP contribution in [0.2, 0.25) is 0 Å². The molecule has 19 heavy (non-hydrogen) atoms. The molecule has 4 heteroatoms. The van der Waals surface area contributed by atoms with Gasteiger partial charge in [0, 0.05) is 6.54 Å². The highest BCUT2D eigenvalue weighted by molar-refractivity contribution is 5.96. The lowest BCUT2D eigenvalue weighted by molar-refractivity contribution is -0.150. The summed E-state index contributed by atoms with van der Waals surface area (Å²) in [5, 5.41) is 2.79. The van der Waals surface area contributed by atoms with Crippen LogP contribution in [-0.2, 0) is 9.59 Å². The van der Waals surface area contributed by atoms with E-state index in [1.807, 2.05) is 4.90 Å². The van der Waals surface area contributed by atoms with Crippen LogP contribution in [0.4, 0.5) is 0 Å². The third kappa shape index (κ3) is 3.95. The molecule has 2 atom stereocenters. The smallest absolute Gasteiger partial charge is 0.245 e. The molecule has 1 N–H and O–H groups in total. The maximum absolute atomic E-state index is 12.3. The van der Waals surface area contributed by atoms with E-state index in [1.165, 1.54) is 0 Å². The second-order valence-corrected chi connectivity index (χ2v) is 6.05. The number of nitrogens with one attached hydrogen (secondary N) is 1. The van der Waals surface area contributed by atoms with E-state index < -0.39 is 0 Å². The summed E-state index contributed by atoms with van der Waals surface area (Å²) in [6, 6.07) is -0.672. The van der Waals surface area contributed by atoms with Crippen LogP contribution in [-0.4, -0.2) is 35.3 Å². The lowest BCUT2D eigenvalue weighted by Gasteiger charge is -2.40. The Kier molecular flexibility index (Phi) is 5.83. The quantitative estimate of drug-likeness (QED) is 0.802. The lowest BCUT2D eigenvalue weighted by atomic mass is 9.95. The summed E-state index contributed by atoms with van der Waals surface area (Å²) in [6.45, 7) is 10.9.